The maximum atomic E-state index is 11.9. The lowest BCUT2D eigenvalue weighted by atomic mass is 9.84. The molecule has 0 saturated heterocycles. The maximum absolute atomic E-state index is 11.9. The minimum absolute atomic E-state index is 0.298. The topological polar surface area (TPSA) is 26.3 Å². The van der Waals surface area contributed by atoms with E-state index in [9.17, 15) is 4.79 Å². The Kier molecular flexibility index (Phi) is 2.71. The number of hydrogen-bond acceptors (Lipinski definition) is 2. The van der Waals surface area contributed by atoms with Gasteiger partial charge in [0.1, 0.15) is 5.76 Å². The number of carbonyl (C=O) groups is 1. The average molecular weight is 228 g/mol. The number of ether oxygens (including phenoxy) is 1. The Balaban J connectivity index is 1.85. The summed E-state index contributed by atoms with van der Waals surface area (Å²) in [5.74, 6) is 1.61. The van der Waals surface area contributed by atoms with Crippen LogP contribution in [-0.2, 0) is 9.53 Å². The van der Waals surface area contributed by atoms with E-state index in [1.165, 1.54) is 5.56 Å². The zero-order valence-corrected chi connectivity index (χ0v) is 9.82. The van der Waals surface area contributed by atoms with Crippen molar-refractivity contribution in [3.05, 3.63) is 47.2 Å². The van der Waals surface area contributed by atoms with E-state index in [1.807, 2.05) is 18.2 Å². The van der Waals surface area contributed by atoms with Crippen molar-refractivity contribution in [2.45, 2.75) is 31.6 Å². The molecule has 0 spiro atoms. The molecule has 0 amide bonds. The molecule has 0 aromatic heterocycles. The van der Waals surface area contributed by atoms with Crippen molar-refractivity contribution in [2.24, 2.45) is 0 Å². The SMILES string of the molecule is O=C1CCCC2=C1CC(c1ccccc1)CO2. The van der Waals surface area contributed by atoms with Gasteiger partial charge in [-0.2, -0.15) is 0 Å². The third kappa shape index (κ3) is 1.99. The lowest BCUT2D eigenvalue weighted by Gasteiger charge is -2.30. The molecule has 88 valence electrons. The second-order valence-electron chi connectivity index (χ2n) is 4.80. The Hall–Kier alpha value is -1.57. The highest BCUT2D eigenvalue weighted by atomic mass is 16.5. The summed E-state index contributed by atoms with van der Waals surface area (Å²) in [6.45, 7) is 0.718. The van der Waals surface area contributed by atoms with E-state index in [1.54, 1.807) is 0 Å². The summed E-state index contributed by atoms with van der Waals surface area (Å²) in [5, 5.41) is 0. The van der Waals surface area contributed by atoms with Crippen molar-refractivity contribution in [3.8, 4) is 0 Å². The molecular weight excluding hydrogens is 212 g/mol. The molecule has 1 aliphatic heterocycles. The summed E-state index contributed by atoms with van der Waals surface area (Å²) in [5.41, 5.74) is 2.23. The Morgan fingerprint density at radius 3 is 2.76 bits per heavy atom. The van der Waals surface area contributed by atoms with E-state index in [2.05, 4.69) is 12.1 Å². The molecule has 0 radical (unpaired) electrons. The standard InChI is InChI=1S/C15H16O2/c16-14-7-4-8-15-13(14)9-12(10-17-15)11-5-2-1-3-6-11/h1-3,5-6,12H,4,7-10H2. The van der Waals surface area contributed by atoms with E-state index < -0.39 is 0 Å². The van der Waals surface area contributed by atoms with E-state index in [-0.39, 0.29) is 0 Å². The van der Waals surface area contributed by atoms with Gasteiger partial charge in [0.25, 0.3) is 0 Å². The largest absolute Gasteiger partial charge is 0.497 e. The molecular formula is C15H16O2. The fourth-order valence-electron chi connectivity index (χ4n) is 2.70. The number of hydrogen-bond donors (Lipinski definition) is 0. The number of ketones is 1. The Morgan fingerprint density at radius 2 is 1.94 bits per heavy atom. The predicted molar refractivity (Wildman–Crippen MR) is 65.6 cm³/mol. The third-order valence-electron chi connectivity index (χ3n) is 3.66. The van der Waals surface area contributed by atoms with Gasteiger partial charge in [-0.15, -0.1) is 0 Å². The van der Waals surface area contributed by atoms with Crippen molar-refractivity contribution >= 4 is 5.78 Å². The highest BCUT2D eigenvalue weighted by Gasteiger charge is 2.29. The van der Waals surface area contributed by atoms with Crippen molar-refractivity contribution < 1.29 is 9.53 Å². The minimum Gasteiger partial charge on any atom is -0.497 e. The average Bonchev–Trinajstić information content (AvgIpc) is 2.40. The van der Waals surface area contributed by atoms with Crippen LogP contribution in [0.3, 0.4) is 0 Å². The first-order chi connectivity index (χ1) is 8.34. The number of Topliss-reactive ketones (excluding diaryl/α,β-unsaturated/α-hetero) is 1. The van der Waals surface area contributed by atoms with E-state index >= 15 is 0 Å². The summed E-state index contributed by atoms with van der Waals surface area (Å²) in [6.07, 6.45) is 3.46. The number of carbonyl (C=O) groups excluding carboxylic acids is 1. The summed E-state index contributed by atoms with van der Waals surface area (Å²) in [7, 11) is 0. The predicted octanol–water partition coefficient (Wildman–Crippen LogP) is 3.20. The molecule has 0 N–H and O–H groups in total. The van der Waals surface area contributed by atoms with Crippen LogP contribution in [0, 0.1) is 0 Å². The lowest BCUT2D eigenvalue weighted by molar-refractivity contribution is -0.117. The van der Waals surface area contributed by atoms with Gasteiger partial charge in [-0.3, -0.25) is 4.79 Å². The van der Waals surface area contributed by atoms with Crippen molar-refractivity contribution in [1.82, 2.24) is 0 Å². The van der Waals surface area contributed by atoms with E-state index in [4.69, 9.17) is 4.74 Å². The van der Waals surface area contributed by atoms with Gasteiger partial charge in [-0.05, 0) is 18.4 Å². The lowest BCUT2D eigenvalue weighted by Crippen LogP contribution is -2.23. The van der Waals surface area contributed by atoms with Crippen LogP contribution in [0.4, 0.5) is 0 Å². The molecule has 2 heteroatoms. The second-order valence-corrected chi connectivity index (χ2v) is 4.80. The van der Waals surface area contributed by atoms with Crippen LogP contribution in [0.1, 0.15) is 37.2 Å². The molecule has 1 unspecified atom stereocenters. The Labute approximate surface area is 101 Å². The van der Waals surface area contributed by atoms with Crippen LogP contribution in [0.15, 0.2) is 41.7 Å². The minimum atomic E-state index is 0.298. The van der Waals surface area contributed by atoms with Crippen LogP contribution in [0.5, 0.6) is 0 Å². The van der Waals surface area contributed by atoms with Crippen molar-refractivity contribution in [2.75, 3.05) is 6.61 Å². The van der Waals surface area contributed by atoms with Gasteiger partial charge in [-0.25, -0.2) is 0 Å². The fourth-order valence-corrected chi connectivity index (χ4v) is 2.70. The molecule has 1 heterocycles. The quantitative estimate of drug-likeness (QED) is 0.737. The fraction of sp³-hybridized carbons (Fsp3) is 0.400. The molecule has 1 aliphatic carbocycles. The highest BCUT2D eigenvalue weighted by molar-refractivity contribution is 5.96. The van der Waals surface area contributed by atoms with Gasteiger partial charge in [0, 0.05) is 24.3 Å². The van der Waals surface area contributed by atoms with Gasteiger partial charge in [0.05, 0.1) is 6.61 Å². The Bertz CT molecular complexity index is 459. The first-order valence-electron chi connectivity index (χ1n) is 6.27. The first-order valence-corrected chi connectivity index (χ1v) is 6.27. The normalized spacial score (nSPS) is 24.2. The molecule has 0 bridgehead atoms. The van der Waals surface area contributed by atoms with Crippen LogP contribution in [0.25, 0.3) is 0 Å². The molecule has 3 rings (SSSR count). The summed E-state index contributed by atoms with van der Waals surface area (Å²) >= 11 is 0. The van der Waals surface area contributed by atoms with Crippen LogP contribution in [-0.4, -0.2) is 12.4 Å². The van der Waals surface area contributed by atoms with E-state index in [0.29, 0.717) is 18.1 Å². The smallest absolute Gasteiger partial charge is 0.162 e. The monoisotopic (exact) mass is 228 g/mol. The van der Waals surface area contributed by atoms with Crippen molar-refractivity contribution in [3.63, 3.8) is 0 Å². The zero-order chi connectivity index (χ0) is 11.7. The maximum Gasteiger partial charge on any atom is 0.162 e. The van der Waals surface area contributed by atoms with Crippen LogP contribution in [0.2, 0.25) is 0 Å². The molecule has 0 fully saturated rings. The third-order valence-corrected chi connectivity index (χ3v) is 3.66. The van der Waals surface area contributed by atoms with Crippen LogP contribution >= 0.6 is 0 Å². The molecule has 1 aromatic carbocycles. The molecule has 2 nitrogen and oxygen atoms in total. The highest BCUT2D eigenvalue weighted by Crippen LogP contribution is 2.36. The summed E-state index contributed by atoms with van der Waals surface area (Å²) < 4.78 is 5.78. The summed E-state index contributed by atoms with van der Waals surface area (Å²) in [4.78, 5) is 11.9. The van der Waals surface area contributed by atoms with Gasteiger partial charge in [0.15, 0.2) is 5.78 Å². The van der Waals surface area contributed by atoms with Crippen molar-refractivity contribution in [1.29, 1.82) is 0 Å². The van der Waals surface area contributed by atoms with E-state index in [0.717, 1.165) is 37.2 Å². The summed E-state index contributed by atoms with van der Waals surface area (Å²) in [6, 6.07) is 10.3. The number of benzene rings is 1. The second kappa shape index (κ2) is 4.36. The first kappa shape index (κ1) is 10.6. The van der Waals surface area contributed by atoms with Gasteiger partial charge >= 0.3 is 0 Å². The van der Waals surface area contributed by atoms with Gasteiger partial charge < -0.3 is 4.74 Å². The molecule has 1 atom stereocenters. The van der Waals surface area contributed by atoms with Crippen LogP contribution < -0.4 is 0 Å². The Morgan fingerprint density at radius 1 is 1.12 bits per heavy atom. The molecule has 0 saturated carbocycles. The molecule has 17 heavy (non-hydrogen) atoms. The molecule has 1 aromatic rings. The van der Waals surface area contributed by atoms with Gasteiger partial charge in [-0.1, -0.05) is 30.3 Å². The zero-order valence-electron chi connectivity index (χ0n) is 9.82. The molecule has 2 aliphatic rings. The number of rotatable bonds is 1. The van der Waals surface area contributed by atoms with Gasteiger partial charge in [0.2, 0.25) is 0 Å². The number of allylic oxidation sites excluding steroid dienone is 2.